The number of fused-ring (bicyclic) bond motifs is 1. The second-order valence-corrected chi connectivity index (χ2v) is 10.1. The fourth-order valence-corrected chi connectivity index (χ4v) is 6.30. The Bertz CT molecular complexity index is 1200. The number of pyridine rings is 1. The largest absolute Gasteiger partial charge is 0.477 e. The first kappa shape index (κ1) is 23.8. The zero-order chi connectivity index (χ0) is 24.4. The smallest absolute Gasteiger partial charge is 0.352 e. The Morgan fingerprint density at radius 3 is 2.79 bits per heavy atom. The standard InChI is InChI=1S/C19H19N7O5S3/c1-31-24-12(11-8-34-19(20)22-11)15(27)23-13-16(28)26-14(18(29)30)9(7-33-17(13)26)6-32-10-2-4-25(21)5-3-10/h2-5,8,13,17H,6-7,21H2,1H3,(H3-,20,22,23,27,29,30)/p+1/b24-12-/t13?,17-/m0/s1. The molecular weight excluding hydrogens is 502 g/mol. The summed E-state index contributed by atoms with van der Waals surface area (Å²) in [4.78, 5) is 48.7. The van der Waals surface area contributed by atoms with E-state index in [4.69, 9.17) is 16.4 Å². The molecule has 34 heavy (non-hydrogen) atoms. The van der Waals surface area contributed by atoms with Gasteiger partial charge in [0.25, 0.3) is 11.8 Å². The number of nitrogens with zero attached hydrogens (tertiary/aromatic N) is 4. The number of oxime groups is 1. The SMILES string of the molecule is CO/N=C(\C(=O)NC1C(=O)N2C(C(=O)O)=C(CSc3cc[n+](N)cc3)CS[C@@H]12)c1csc(N)n1. The third-order valence-electron chi connectivity index (χ3n) is 4.93. The molecule has 2 amide bonds. The first-order valence-corrected chi connectivity index (χ1v) is 12.6. The Morgan fingerprint density at radius 2 is 2.18 bits per heavy atom. The highest BCUT2D eigenvalue weighted by Crippen LogP contribution is 2.41. The lowest BCUT2D eigenvalue weighted by Crippen LogP contribution is -2.71. The zero-order valence-electron chi connectivity index (χ0n) is 17.7. The minimum Gasteiger partial charge on any atom is -0.477 e. The molecule has 0 spiro atoms. The lowest BCUT2D eigenvalue weighted by atomic mass is 10.0. The van der Waals surface area contributed by atoms with Crippen molar-refractivity contribution >= 4 is 63.5 Å². The number of aromatic nitrogens is 2. The van der Waals surface area contributed by atoms with Gasteiger partial charge in [0.05, 0.1) is 0 Å². The van der Waals surface area contributed by atoms with Crippen LogP contribution in [0.5, 0.6) is 0 Å². The van der Waals surface area contributed by atoms with Gasteiger partial charge in [-0.25, -0.2) is 15.6 Å². The van der Waals surface area contributed by atoms with Crippen molar-refractivity contribution in [2.24, 2.45) is 5.16 Å². The molecule has 0 bridgehead atoms. The van der Waals surface area contributed by atoms with Crippen molar-refractivity contribution in [3.63, 3.8) is 0 Å². The summed E-state index contributed by atoms with van der Waals surface area (Å²) in [7, 11) is 1.28. The van der Waals surface area contributed by atoms with Gasteiger partial charge in [0, 0.05) is 33.9 Å². The van der Waals surface area contributed by atoms with E-state index in [0.717, 1.165) is 16.2 Å². The fraction of sp³-hybridized carbons (Fsp3) is 0.263. The molecule has 0 aromatic carbocycles. The molecular formula is C19H20N7O5S3+. The van der Waals surface area contributed by atoms with E-state index in [0.29, 0.717) is 17.1 Å². The van der Waals surface area contributed by atoms with Crippen molar-refractivity contribution in [1.82, 2.24) is 15.2 Å². The van der Waals surface area contributed by atoms with Crippen molar-refractivity contribution in [2.45, 2.75) is 16.3 Å². The average Bonchev–Trinajstić information content (AvgIpc) is 3.25. The van der Waals surface area contributed by atoms with Crippen molar-refractivity contribution < 1.29 is 29.0 Å². The predicted molar refractivity (Wildman–Crippen MR) is 127 cm³/mol. The van der Waals surface area contributed by atoms with Gasteiger partial charge in [0.1, 0.15) is 29.9 Å². The minimum absolute atomic E-state index is 0.0466. The number of hydrogen-bond donors (Lipinski definition) is 4. The Labute approximate surface area is 206 Å². The number of carbonyl (C=O) groups is 3. The molecule has 0 saturated carbocycles. The molecule has 1 fully saturated rings. The van der Waals surface area contributed by atoms with Gasteiger partial charge < -0.3 is 21.0 Å². The summed E-state index contributed by atoms with van der Waals surface area (Å²) in [5.74, 6) is 4.05. The number of anilines is 1. The van der Waals surface area contributed by atoms with E-state index in [-0.39, 0.29) is 22.2 Å². The molecule has 2 atom stereocenters. The van der Waals surface area contributed by atoms with E-state index in [9.17, 15) is 19.5 Å². The number of nitrogen functional groups attached to an aromatic ring is 2. The molecule has 2 aliphatic rings. The highest BCUT2D eigenvalue weighted by molar-refractivity contribution is 8.01. The molecule has 0 aliphatic carbocycles. The van der Waals surface area contributed by atoms with Crippen molar-refractivity contribution in [2.75, 3.05) is 30.2 Å². The number of aliphatic carboxylic acids is 1. The molecule has 6 N–H and O–H groups in total. The lowest BCUT2D eigenvalue weighted by molar-refractivity contribution is -0.639. The summed E-state index contributed by atoms with van der Waals surface area (Å²) in [6, 6.07) is 2.73. The number of nitrogens with one attached hydrogen (secondary N) is 1. The van der Waals surface area contributed by atoms with E-state index in [2.05, 4.69) is 15.5 Å². The minimum atomic E-state index is -1.19. The summed E-state index contributed by atoms with van der Waals surface area (Å²) >= 11 is 3.97. The van der Waals surface area contributed by atoms with E-state index >= 15 is 0 Å². The predicted octanol–water partition coefficient (Wildman–Crippen LogP) is -0.392. The van der Waals surface area contributed by atoms with Crippen molar-refractivity contribution in [3.05, 3.63) is 46.9 Å². The maximum Gasteiger partial charge on any atom is 0.352 e. The van der Waals surface area contributed by atoms with Crippen LogP contribution in [0.25, 0.3) is 0 Å². The van der Waals surface area contributed by atoms with Crippen LogP contribution in [0, 0.1) is 0 Å². The van der Waals surface area contributed by atoms with Gasteiger partial charge in [-0.15, -0.1) is 34.9 Å². The number of hydrogen-bond acceptors (Lipinski definition) is 11. The van der Waals surface area contributed by atoms with Gasteiger partial charge in [-0.3, -0.25) is 14.5 Å². The number of nitrogens with two attached hydrogens (primary N) is 2. The first-order valence-electron chi connectivity index (χ1n) is 9.72. The number of rotatable bonds is 8. The topological polar surface area (TPSA) is 177 Å². The lowest BCUT2D eigenvalue weighted by Gasteiger charge is -2.49. The third kappa shape index (κ3) is 4.67. The molecule has 2 aromatic heterocycles. The zero-order valence-corrected chi connectivity index (χ0v) is 20.2. The van der Waals surface area contributed by atoms with Crippen LogP contribution in [0.4, 0.5) is 5.13 Å². The van der Waals surface area contributed by atoms with E-state index < -0.39 is 29.2 Å². The molecule has 2 aromatic rings. The molecule has 178 valence electrons. The number of β-lactam (4-membered cyclic amide) rings is 1. The monoisotopic (exact) mass is 522 g/mol. The van der Waals surface area contributed by atoms with Crippen LogP contribution in [0.2, 0.25) is 0 Å². The Kier molecular flexibility index (Phi) is 6.95. The number of thioether (sulfide) groups is 2. The molecule has 15 heteroatoms. The van der Waals surface area contributed by atoms with Crippen LogP contribution < -0.4 is 21.6 Å². The molecule has 0 radical (unpaired) electrons. The van der Waals surface area contributed by atoms with Crippen LogP contribution in [0.3, 0.4) is 0 Å². The van der Waals surface area contributed by atoms with E-state index in [1.165, 1.54) is 40.2 Å². The summed E-state index contributed by atoms with van der Waals surface area (Å²) in [5.41, 5.74) is 6.30. The molecule has 4 heterocycles. The summed E-state index contributed by atoms with van der Waals surface area (Å²) in [6.45, 7) is 0. The molecule has 2 aliphatic heterocycles. The van der Waals surface area contributed by atoms with E-state index in [1.807, 2.05) is 12.1 Å². The van der Waals surface area contributed by atoms with Crippen molar-refractivity contribution in [3.8, 4) is 0 Å². The third-order valence-corrected chi connectivity index (χ3v) is 8.05. The van der Waals surface area contributed by atoms with E-state index in [1.54, 1.807) is 17.8 Å². The molecule has 4 rings (SSSR count). The van der Waals surface area contributed by atoms with Crippen LogP contribution in [-0.2, 0) is 19.2 Å². The number of carboxylic acids is 1. The highest BCUT2D eigenvalue weighted by atomic mass is 32.2. The maximum absolute atomic E-state index is 12.9. The Hall–Kier alpha value is -3.30. The molecule has 1 unspecified atom stereocenters. The number of amides is 2. The van der Waals surface area contributed by atoms with Gasteiger partial charge in [-0.05, 0) is 5.57 Å². The van der Waals surface area contributed by atoms with Crippen LogP contribution in [0.15, 0.2) is 51.2 Å². The van der Waals surface area contributed by atoms with Gasteiger partial charge in [0.15, 0.2) is 23.2 Å². The second-order valence-electron chi connectivity index (χ2n) is 7.08. The quantitative estimate of drug-likeness (QED) is 0.0891. The maximum atomic E-state index is 12.9. The summed E-state index contributed by atoms with van der Waals surface area (Å²) in [6.07, 6.45) is 3.38. The fourth-order valence-electron chi connectivity index (χ4n) is 3.39. The Balaban J connectivity index is 1.48. The second kappa shape index (κ2) is 9.90. The van der Waals surface area contributed by atoms with Crippen molar-refractivity contribution in [1.29, 1.82) is 0 Å². The van der Waals surface area contributed by atoms with Crippen LogP contribution >= 0.6 is 34.9 Å². The van der Waals surface area contributed by atoms with Gasteiger partial charge in [0.2, 0.25) is 0 Å². The summed E-state index contributed by atoms with van der Waals surface area (Å²) < 4.78 is 1.41. The number of thiazole rings is 1. The number of carboxylic acid groups (broad SMARTS) is 1. The Morgan fingerprint density at radius 1 is 1.44 bits per heavy atom. The first-order chi connectivity index (χ1) is 16.3. The van der Waals surface area contributed by atoms with Gasteiger partial charge in [-0.2, -0.15) is 0 Å². The number of carbonyl (C=O) groups excluding carboxylic acids is 2. The molecule has 12 nitrogen and oxygen atoms in total. The normalized spacial score (nSPS) is 20.0. The highest BCUT2D eigenvalue weighted by Gasteiger charge is 2.54. The van der Waals surface area contributed by atoms with Gasteiger partial charge in [-0.1, -0.05) is 9.83 Å². The van der Waals surface area contributed by atoms with Crippen LogP contribution in [0.1, 0.15) is 5.69 Å². The van der Waals surface area contributed by atoms with Crippen LogP contribution in [-0.4, -0.2) is 68.5 Å². The summed E-state index contributed by atoms with van der Waals surface area (Å²) in [5, 5.41) is 17.4. The van der Waals surface area contributed by atoms with Gasteiger partial charge >= 0.3 is 5.97 Å². The molecule has 1 saturated heterocycles. The average molecular weight is 523 g/mol.